The van der Waals surface area contributed by atoms with Gasteiger partial charge in [0.1, 0.15) is 17.2 Å². The molecule has 0 radical (unpaired) electrons. The van der Waals surface area contributed by atoms with Crippen molar-refractivity contribution in [2.75, 3.05) is 26.7 Å². The number of β-amino-alcohol motifs (C(OH)–C–C–N with tert-alkyl or cyclic N) is 1. The lowest BCUT2D eigenvalue weighted by Crippen LogP contribution is -2.53. The van der Waals surface area contributed by atoms with Crippen LogP contribution in [-0.2, 0) is 17.9 Å². The highest BCUT2D eigenvalue weighted by Gasteiger charge is 2.38. The van der Waals surface area contributed by atoms with Crippen LogP contribution in [0.4, 0.5) is 4.39 Å². The third kappa shape index (κ3) is 5.90. The van der Waals surface area contributed by atoms with Crippen LogP contribution in [0.1, 0.15) is 29.5 Å². The Morgan fingerprint density at radius 3 is 2.58 bits per heavy atom. The number of hydrogen-bond acceptors (Lipinski definition) is 8. The number of aliphatic imine (C=N–C) groups is 1. The molecule has 1 fully saturated rings. The van der Waals surface area contributed by atoms with Crippen LogP contribution in [0.15, 0.2) is 70.7 Å². The van der Waals surface area contributed by atoms with E-state index in [0.717, 1.165) is 21.6 Å². The van der Waals surface area contributed by atoms with Gasteiger partial charge in [0.2, 0.25) is 0 Å². The van der Waals surface area contributed by atoms with Gasteiger partial charge >= 0.3 is 0 Å². The molecule has 10 heteroatoms. The zero-order valence-corrected chi connectivity index (χ0v) is 23.2. The second-order valence-electron chi connectivity index (χ2n) is 10.2. The molecule has 5 rings (SSSR count). The highest BCUT2D eigenvalue weighted by atomic mass is 32.1. The quantitative estimate of drug-likeness (QED) is 0.334. The second kappa shape index (κ2) is 11.8. The number of nitrogens with one attached hydrogen (secondary N) is 2. The Morgan fingerprint density at radius 1 is 1.20 bits per heavy atom. The normalized spacial score (nSPS) is 18.8. The maximum absolute atomic E-state index is 14.8. The predicted octanol–water partition coefficient (Wildman–Crippen LogP) is 3.82. The monoisotopic (exact) mass is 560 g/mol. The molecule has 1 aromatic heterocycles. The van der Waals surface area contributed by atoms with Gasteiger partial charge in [-0.05, 0) is 47.0 Å². The molecule has 0 atom stereocenters. The molecule has 3 aromatic rings. The van der Waals surface area contributed by atoms with E-state index in [2.05, 4.69) is 15.2 Å². The van der Waals surface area contributed by atoms with Gasteiger partial charge in [0, 0.05) is 43.7 Å². The second-order valence-corrected chi connectivity index (χ2v) is 11.2. The van der Waals surface area contributed by atoms with Crippen LogP contribution < -0.4 is 11.1 Å². The van der Waals surface area contributed by atoms with Crippen LogP contribution in [0.2, 0.25) is 0 Å². The smallest absolute Gasteiger partial charge is 0.279 e. The number of amides is 1. The highest BCUT2D eigenvalue weighted by molar-refractivity contribution is 7.13. The van der Waals surface area contributed by atoms with Gasteiger partial charge in [-0.2, -0.15) is 0 Å². The Bertz CT molecular complexity index is 1440. The summed E-state index contributed by atoms with van der Waals surface area (Å²) in [5, 5.41) is 24.8. The maximum Gasteiger partial charge on any atom is 0.279 e. The van der Waals surface area contributed by atoms with Crippen LogP contribution in [-0.4, -0.2) is 65.1 Å². The predicted molar refractivity (Wildman–Crippen MR) is 157 cm³/mol. The number of hydrogen-bond donors (Lipinski definition) is 4. The number of nitrogens with two attached hydrogens (primary N) is 1. The van der Waals surface area contributed by atoms with E-state index < -0.39 is 11.5 Å². The number of halogens is 1. The van der Waals surface area contributed by atoms with Crippen LogP contribution in [0.25, 0.3) is 16.1 Å². The Balaban J connectivity index is 1.22. The molecular weight excluding hydrogens is 527 g/mol. The number of piperidine rings is 1. The van der Waals surface area contributed by atoms with Crippen LogP contribution in [0.3, 0.4) is 0 Å². The Labute approximate surface area is 237 Å². The molecule has 3 heterocycles. The van der Waals surface area contributed by atoms with E-state index in [1.807, 2.05) is 53.9 Å². The van der Waals surface area contributed by atoms with Gasteiger partial charge in [-0.1, -0.05) is 42.5 Å². The number of rotatable bonds is 8. The number of likely N-dealkylation sites (tertiary alicyclic amines) is 1. The van der Waals surface area contributed by atoms with E-state index in [1.54, 1.807) is 24.5 Å². The van der Waals surface area contributed by atoms with Crippen molar-refractivity contribution in [3.05, 3.63) is 88.2 Å². The molecule has 1 amide bonds. The van der Waals surface area contributed by atoms with Gasteiger partial charge in [0.15, 0.2) is 0 Å². The fourth-order valence-electron chi connectivity index (χ4n) is 5.11. The third-order valence-electron chi connectivity index (χ3n) is 7.51. The first kappa shape index (κ1) is 27.9. The minimum Gasteiger partial charge on any atom is -0.388 e. The van der Waals surface area contributed by atoms with Crippen LogP contribution >= 0.6 is 11.3 Å². The van der Waals surface area contributed by atoms with Crippen LogP contribution in [0.5, 0.6) is 0 Å². The molecule has 8 nitrogen and oxygen atoms in total. The van der Waals surface area contributed by atoms with Gasteiger partial charge in [-0.15, -0.1) is 11.3 Å². The number of aliphatic hydroxyl groups is 1. The Hall–Kier alpha value is -3.70. The lowest BCUT2D eigenvalue weighted by atomic mass is 9.90. The maximum atomic E-state index is 14.8. The molecule has 208 valence electrons. The summed E-state index contributed by atoms with van der Waals surface area (Å²) in [4.78, 5) is 22.0. The lowest BCUT2D eigenvalue weighted by Gasteiger charge is -2.40. The summed E-state index contributed by atoms with van der Waals surface area (Å²) >= 11 is 1.58. The number of carbonyl (C=O) groups excluding carboxylic acids is 1. The van der Waals surface area contributed by atoms with E-state index in [0.29, 0.717) is 50.3 Å². The molecule has 5 N–H and O–H groups in total. The van der Waals surface area contributed by atoms with E-state index in [9.17, 15) is 14.3 Å². The van der Waals surface area contributed by atoms with Gasteiger partial charge in [0.05, 0.1) is 24.2 Å². The first-order valence-corrected chi connectivity index (χ1v) is 14.1. The summed E-state index contributed by atoms with van der Waals surface area (Å²) in [7, 11) is 1.72. The van der Waals surface area contributed by atoms with Crippen molar-refractivity contribution >= 4 is 35.0 Å². The molecule has 0 aliphatic carbocycles. The van der Waals surface area contributed by atoms with Crippen molar-refractivity contribution < 1.29 is 14.3 Å². The Kier molecular flexibility index (Phi) is 8.22. The fourth-order valence-corrected chi connectivity index (χ4v) is 5.84. The summed E-state index contributed by atoms with van der Waals surface area (Å²) in [6.07, 6.45) is 2.24. The van der Waals surface area contributed by atoms with Crippen molar-refractivity contribution in [3.8, 4) is 10.4 Å². The molecule has 2 aliphatic heterocycles. The molecule has 2 aromatic carbocycles. The van der Waals surface area contributed by atoms with E-state index >= 15 is 0 Å². The zero-order valence-electron chi connectivity index (χ0n) is 22.4. The summed E-state index contributed by atoms with van der Waals surface area (Å²) < 4.78 is 14.8. The molecule has 2 aliphatic rings. The van der Waals surface area contributed by atoms with Crippen molar-refractivity contribution in [1.29, 1.82) is 5.41 Å². The molecule has 0 unspecified atom stereocenters. The third-order valence-corrected chi connectivity index (χ3v) is 8.43. The molecule has 1 saturated heterocycles. The largest absolute Gasteiger partial charge is 0.388 e. The minimum absolute atomic E-state index is 0.0444. The first-order chi connectivity index (χ1) is 19.3. The summed E-state index contributed by atoms with van der Waals surface area (Å²) in [6.45, 7) is 2.05. The molecule has 40 heavy (non-hydrogen) atoms. The van der Waals surface area contributed by atoms with Crippen molar-refractivity contribution in [2.24, 2.45) is 10.7 Å². The summed E-state index contributed by atoms with van der Waals surface area (Å²) in [6, 6.07) is 16.8. The van der Waals surface area contributed by atoms with Gasteiger partial charge in [-0.25, -0.2) is 9.38 Å². The Morgan fingerprint density at radius 2 is 1.95 bits per heavy atom. The van der Waals surface area contributed by atoms with Gasteiger partial charge in [0.25, 0.3) is 5.91 Å². The first-order valence-electron chi connectivity index (χ1n) is 13.2. The summed E-state index contributed by atoms with van der Waals surface area (Å²) in [5.74, 6) is -0.749. The van der Waals surface area contributed by atoms with E-state index in [1.165, 1.54) is 11.2 Å². The average Bonchev–Trinajstić information content (AvgIpc) is 3.51. The summed E-state index contributed by atoms with van der Waals surface area (Å²) in [5.41, 5.74) is 8.41. The number of carbonyl (C=O) groups is 1. The number of benzene rings is 2. The molecule has 0 bridgehead atoms. The van der Waals surface area contributed by atoms with Gasteiger partial charge in [-0.3, -0.25) is 20.0 Å². The molecule has 0 spiro atoms. The van der Waals surface area contributed by atoms with Crippen molar-refractivity contribution in [3.63, 3.8) is 0 Å². The standard InChI is InChI=1S/C30H33FN6O2S/c1-34-27(21-6-4-20(16-32)5-7-21)28-26(33)29(38)37(19-35-28)18-30(39)10-12-36(13-11-30)17-23-9-8-22(15-24(23)31)25-3-2-14-40-25/h2-9,14-15,19,33-34,39H,10-13,16-18,32H2,1H3/b28-27+,33-26?. The van der Waals surface area contributed by atoms with Gasteiger partial charge < -0.3 is 16.2 Å². The molecule has 0 saturated carbocycles. The molecular formula is C30H33FN6O2S. The fraction of sp³-hybridized carbons (Fsp3) is 0.300. The SMILES string of the molecule is CN/C(=C1/N=CN(CC2(O)CCN(Cc3ccc(-c4cccs4)cc3F)CC2)C(=O)C1=N)c1ccc(CN)cc1. The number of thiophene rings is 1. The highest BCUT2D eigenvalue weighted by Crippen LogP contribution is 2.29. The number of nitrogens with zero attached hydrogens (tertiary/aromatic N) is 3. The zero-order chi connectivity index (χ0) is 28.3. The van der Waals surface area contributed by atoms with E-state index in [4.69, 9.17) is 11.1 Å². The van der Waals surface area contributed by atoms with E-state index in [-0.39, 0.29) is 23.8 Å². The lowest BCUT2D eigenvalue weighted by molar-refractivity contribution is -0.124. The van der Waals surface area contributed by atoms with Crippen molar-refractivity contribution in [1.82, 2.24) is 15.1 Å². The minimum atomic E-state index is -1.12. The van der Waals surface area contributed by atoms with Crippen LogP contribution in [0, 0.1) is 11.2 Å². The average molecular weight is 561 g/mol. The van der Waals surface area contributed by atoms with Crippen molar-refractivity contribution in [2.45, 2.75) is 31.5 Å². The topological polar surface area (TPSA) is 118 Å².